The molecule has 0 bridgehead atoms. The standard InChI is InChI=1S/C22H21ClFN3O2/c1-12(28)27-18-6-7-25-11-17(18)26-16-9-22(2,3)10-19(29)20(16)21(27)14-5-4-13(23)8-15(14)24/h4-8,11,21,26H,9-10H2,1-3H3. The summed E-state index contributed by atoms with van der Waals surface area (Å²) < 4.78 is 15.0. The van der Waals surface area contributed by atoms with Gasteiger partial charge in [0.15, 0.2) is 5.78 Å². The maximum Gasteiger partial charge on any atom is 0.224 e. The minimum Gasteiger partial charge on any atom is -0.356 e. The second-order valence-electron chi connectivity index (χ2n) is 8.31. The summed E-state index contributed by atoms with van der Waals surface area (Å²) in [5.74, 6) is -0.962. The Morgan fingerprint density at radius 3 is 2.76 bits per heavy atom. The van der Waals surface area contributed by atoms with Crippen LogP contribution in [0.1, 0.15) is 45.2 Å². The first-order valence-corrected chi connectivity index (χ1v) is 9.78. The number of nitrogens with zero attached hydrogens (tertiary/aromatic N) is 2. The van der Waals surface area contributed by atoms with Crippen molar-refractivity contribution in [2.75, 3.05) is 10.2 Å². The van der Waals surface area contributed by atoms with Gasteiger partial charge in [0.2, 0.25) is 5.91 Å². The smallest absolute Gasteiger partial charge is 0.224 e. The predicted molar refractivity (Wildman–Crippen MR) is 110 cm³/mol. The molecular weight excluding hydrogens is 393 g/mol. The minimum absolute atomic E-state index is 0.102. The number of hydrogen-bond donors (Lipinski definition) is 1. The molecule has 1 aliphatic carbocycles. The molecule has 2 heterocycles. The molecule has 1 N–H and O–H groups in total. The summed E-state index contributed by atoms with van der Waals surface area (Å²) in [5, 5.41) is 3.57. The molecule has 0 fully saturated rings. The molecule has 1 amide bonds. The molecule has 29 heavy (non-hydrogen) atoms. The van der Waals surface area contributed by atoms with Gasteiger partial charge in [-0.3, -0.25) is 19.5 Å². The van der Waals surface area contributed by atoms with Gasteiger partial charge in [0.1, 0.15) is 5.82 Å². The number of carbonyl (C=O) groups excluding carboxylic acids is 2. The van der Waals surface area contributed by atoms with E-state index in [1.54, 1.807) is 30.6 Å². The fourth-order valence-electron chi connectivity index (χ4n) is 4.26. The van der Waals surface area contributed by atoms with Gasteiger partial charge in [-0.05, 0) is 30.0 Å². The number of rotatable bonds is 1. The van der Waals surface area contributed by atoms with Crippen molar-refractivity contribution < 1.29 is 14.0 Å². The zero-order chi connectivity index (χ0) is 20.9. The normalized spacial score (nSPS) is 20.5. The lowest BCUT2D eigenvalue weighted by Gasteiger charge is -2.36. The van der Waals surface area contributed by atoms with Crippen LogP contribution in [0.2, 0.25) is 5.02 Å². The Morgan fingerprint density at radius 1 is 1.31 bits per heavy atom. The Balaban J connectivity index is 2.04. The Morgan fingerprint density at radius 2 is 2.07 bits per heavy atom. The number of carbonyl (C=O) groups is 2. The molecule has 0 saturated carbocycles. The number of allylic oxidation sites excluding steroid dienone is 1. The Hall–Kier alpha value is -2.73. The van der Waals surface area contributed by atoms with Crippen molar-refractivity contribution in [1.82, 2.24) is 4.98 Å². The fourth-order valence-corrected chi connectivity index (χ4v) is 4.42. The maximum atomic E-state index is 15.0. The number of hydrogen-bond acceptors (Lipinski definition) is 4. The quantitative estimate of drug-likeness (QED) is 0.711. The first kappa shape index (κ1) is 19.6. The van der Waals surface area contributed by atoms with Gasteiger partial charge in [0.05, 0.1) is 23.6 Å². The van der Waals surface area contributed by atoms with Crippen LogP contribution in [0.15, 0.2) is 47.9 Å². The molecular formula is C22H21ClFN3O2. The number of pyridine rings is 1. The highest BCUT2D eigenvalue weighted by molar-refractivity contribution is 6.30. The summed E-state index contributed by atoms with van der Waals surface area (Å²) in [6, 6.07) is 5.13. The first-order valence-electron chi connectivity index (χ1n) is 9.40. The zero-order valence-corrected chi connectivity index (χ0v) is 17.2. The van der Waals surface area contributed by atoms with E-state index in [2.05, 4.69) is 10.3 Å². The molecule has 0 radical (unpaired) electrons. The third-order valence-corrected chi connectivity index (χ3v) is 5.63. The van der Waals surface area contributed by atoms with Crippen molar-refractivity contribution in [3.05, 3.63) is 64.3 Å². The van der Waals surface area contributed by atoms with E-state index in [9.17, 15) is 9.59 Å². The lowest BCUT2D eigenvalue weighted by molar-refractivity contribution is -0.118. The summed E-state index contributed by atoms with van der Waals surface area (Å²) in [7, 11) is 0. The van der Waals surface area contributed by atoms with Crippen molar-refractivity contribution in [3.8, 4) is 0 Å². The number of aromatic nitrogens is 1. The topological polar surface area (TPSA) is 62.3 Å². The zero-order valence-electron chi connectivity index (χ0n) is 16.4. The van der Waals surface area contributed by atoms with Crippen molar-refractivity contribution in [2.24, 2.45) is 5.41 Å². The second kappa shape index (κ2) is 6.95. The predicted octanol–water partition coefficient (Wildman–Crippen LogP) is 5.04. The molecule has 5 nitrogen and oxygen atoms in total. The van der Waals surface area contributed by atoms with E-state index in [1.807, 2.05) is 13.8 Å². The van der Waals surface area contributed by atoms with E-state index >= 15 is 4.39 Å². The van der Waals surface area contributed by atoms with Crippen LogP contribution in [0.3, 0.4) is 0 Å². The molecule has 1 aromatic carbocycles. The van der Waals surface area contributed by atoms with Crippen LogP contribution in [0.25, 0.3) is 0 Å². The minimum atomic E-state index is -0.889. The average Bonchev–Trinajstić information content (AvgIpc) is 2.74. The summed E-state index contributed by atoms with van der Waals surface area (Å²) in [4.78, 5) is 31.7. The molecule has 4 rings (SSSR count). The van der Waals surface area contributed by atoms with Gasteiger partial charge in [0.25, 0.3) is 0 Å². The molecule has 2 aliphatic rings. The van der Waals surface area contributed by atoms with Crippen LogP contribution >= 0.6 is 11.6 Å². The highest BCUT2D eigenvalue weighted by atomic mass is 35.5. The lowest BCUT2D eigenvalue weighted by atomic mass is 9.73. The van der Waals surface area contributed by atoms with Crippen molar-refractivity contribution in [3.63, 3.8) is 0 Å². The van der Waals surface area contributed by atoms with Crippen molar-refractivity contribution >= 4 is 34.7 Å². The van der Waals surface area contributed by atoms with Gasteiger partial charge < -0.3 is 5.32 Å². The number of amides is 1. The number of halogens is 2. The van der Waals surface area contributed by atoms with Crippen LogP contribution in [0.4, 0.5) is 15.8 Å². The van der Waals surface area contributed by atoms with Gasteiger partial charge >= 0.3 is 0 Å². The van der Waals surface area contributed by atoms with Crippen LogP contribution < -0.4 is 10.2 Å². The number of fused-ring (bicyclic) bond motifs is 1. The van der Waals surface area contributed by atoms with E-state index in [1.165, 1.54) is 17.9 Å². The highest BCUT2D eigenvalue weighted by Crippen LogP contribution is 2.48. The van der Waals surface area contributed by atoms with E-state index in [0.29, 0.717) is 35.5 Å². The molecule has 1 aliphatic heterocycles. The molecule has 7 heteroatoms. The Bertz CT molecular complexity index is 1060. The molecule has 1 atom stereocenters. The van der Waals surface area contributed by atoms with Crippen LogP contribution in [0, 0.1) is 11.2 Å². The highest BCUT2D eigenvalue weighted by Gasteiger charge is 2.43. The largest absolute Gasteiger partial charge is 0.356 e. The third-order valence-electron chi connectivity index (χ3n) is 5.39. The number of benzene rings is 1. The molecule has 150 valence electrons. The second-order valence-corrected chi connectivity index (χ2v) is 8.74. The molecule has 0 spiro atoms. The van der Waals surface area contributed by atoms with Crippen LogP contribution in [0.5, 0.6) is 0 Å². The number of ketones is 1. The molecule has 1 unspecified atom stereocenters. The van der Waals surface area contributed by atoms with Gasteiger partial charge in [-0.2, -0.15) is 0 Å². The first-order chi connectivity index (χ1) is 13.7. The Kier molecular flexibility index (Phi) is 4.69. The van der Waals surface area contributed by atoms with E-state index in [0.717, 1.165) is 0 Å². The molecule has 2 aromatic rings. The van der Waals surface area contributed by atoms with E-state index in [-0.39, 0.29) is 27.7 Å². The summed E-state index contributed by atoms with van der Waals surface area (Å²) >= 11 is 5.95. The van der Waals surface area contributed by atoms with E-state index < -0.39 is 11.9 Å². The number of nitrogens with one attached hydrogen (secondary N) is 1. The van der Waals surface area contributed by atoms with Gasteiger partial charge in [-0.1, -0.05) is 31.5 Å². The van der Waals surface area contributed by atoms with Crippen LogP contribution in [-0.4, -0.2) is 16.7 Å². The van der Waals surface area contributed by atoms with Crippen molar-refractivity contribution in [2.45, 2.75) is 39.7 Å². The Labute approximate surface area is 173 Å². The van der Waals surface area contributed by atoms with Gasteiger partial charge in [-0.15, -0.1) is 0 Å². The number of Topliss-reactive ketones (excluding diaryl/α,β-unsaturated/α-hetero) is 1. The molecule has 1 aromatic heterocycles. The summed E-state index contributed by atoms with van der Waals surface area (Å²) in [6.07, 6.45) is 4.10. The van der Waals surface area contributed by atoms with Crippen LogP contribution in [-0.2, 0) is 9.59 Å². The number of anilines is 2. The SMILES string of the molecule is CC(=O)N1c2ccncc2NC2=C(C(=O)CC(C)(C)C2)C1c1ccc(Cl)cc1F. The average molecular weight is 414 g/mol. The summed E-state index contributed by atoms with van der Waals surface area (Å²) in [5.41, 5.74) is 2.25. The monoisotopic (exact) mass is 413 g/mol. The van der Waals surface area contributed by atoms with Gasteiger partial charge in [-0.25, -0.2) is 4.39 Å². The maximum absolute atomic E-state index is 15.0. The van der Waals surface area contributed by atoms with Gasteiger partial charge in [0, 0.05) is 41.4 Å². The lowest BCUT2D eigenvalue weighted by Crippen LogP contribution is -2.38. The van der Waals surface area contributed by atoms with Crippen molar-refractivity contribution in [1.29, 1.82) is 0 Å². The van der Waals surface area contributed by atoms with E-state index in [4.69, 9.17) is 11.6 Å². The molecule has 0 saturated heterocycles. The fraction of sp³-hybridized carbons (Fsp3) is 0.318. The summed E-state index contributed by atoms with van der Waals surface area (Å²) in [6.45, 7) is 5.45. The third kappa shape index (κ3) is 3.42.